The average Bonchev–Trinajstić information content (AvgIpc) is 2.30. The summed E-state index contributed by atoms with van der Waals surface area (Å²) in [7, 11) is 0. The van der Waals surface area contributed by atoms with E-state index in [9.17, 15) is 4.79 Å². The lowest BCUT2D eigenvalue weighted by molar-refractivity contribution is 0.0676. The predicted molar refractivity (Wildman–Crippen MR) is 70.7 cm³/mol. The van der Waals surface area contributed by atoms with Gasteiger partial charge >= 0.3 is 0 Å². The summed E-state index contributed by atoms with van der Waals surface area (Å²) < 4.78 is 6.19. The zero-order valence-corrected chi connectivity index (χ0v) is 11.6. The van der Waals surface area contributed by atoms with Crippen LogP contribution in [0.4, 0.5) is 0 Å². The number of hydrogen-bond donors (Lipinski definition) is 1. The first-order valence-electron chi connectivity index (χ1n) is 5.46. The van der Waals surface area contributed by atoms with Crippen LogP contribution in [-0.4, -0.2) is 31.6 Å². The molecule has 1 aliphatic rings. The number of Topliss-reactive ketones (excluding diaryl/α,β-unsaturated/α-hetero) is 1. The van der Waals surface area contributed by atoms with Crippen LogP contribution in [0.2, 0.25) is 5.02 Å². The monoisotopic (exact) mass is 317 g/mol. The molecule has 1 fully saturated rings. The lowest BCUT2D eigenvalue weighted by atomic mass is 10.0. The molecule has 0 spiro atoms. The molecule has 1 N–H and O–H groups in total. The lowest BCUT2D eigenvalue weighted by Crippen LogP contribution is -2.42. The second-order valence-electron chi connectivity index (χ2n) is 3.98. The van der Waals surface area contributed by atoms with E-state index < -0.39 is 0 Å². The summed E-state index contributed by atoms with van der Waals surface area (Å²) in [4.78, 5) is 12.0. The van der Waals surface area contributed by atoms with Gasteiger partial charge in [0, 0.05) is 29.0 Å². The molecule has 0 radical (unpaired) electrons. The largest absolute Gasteiger partial charge is 0.378 e. The van der Waals surface area contributed by atoms with Crippen LogP contribution in [0.25, 0.3) is 0 Å². The van der Waals surface area contributed by atoms with Crippen molar-refractivity contribution in [3.8, 4) is 0 Å². The van der Waals surface area contributed by atoms with Gasteiger partial charge in [-0.05, 0) is 18.2 Å². The quantitative estimate of drug-likeness (QED) is 0.871. The summed E-state index contributed by atoms with van der Waals surface area (Å²) in [5, 5.41) is 3.74. The summed E-state index contributed by atoms with van der Waals surface area (Å²) in [6, 6.07) is 5.40. The summed E-state index contributed by atoms with van der Waals surface area (Å²) in [5.74, 6) is 0.0468. The van der Waals surface area contributed by atoms with Crippen molar-refractivity contribution in [2.45, 2.75) is 12.5 Å². The zero-order chi connectivity index (χ0) is 12.3. The highest BCUT2D eigenvalue weighted by Crippen LogP contribution is 2.23. The van der Waals surface area contributed by atoms with E-state index in [-0.39, 0.29) is 11.8 Å². The summed E-state index contributed by atoms with van der Waals surface area (Å²) in [6.07, 6.45) is 0.418. The van der Waals surface area contributed by atoms with E-state index in [2.05, 4.69) is 21.2 Å². The Morgan fingerprint density at radius 3 is 3.06 bits per heavy atom. The third-order valence-corrected chi connectivity index (χ3v) is 3.47. The van der Waals surface area contributed by atoms with Gasteiger partial charge in [-0.25, -0.2) is 0 Å². The first kappa shape index (κ1) is 13.0. The number of ketones is 1. The number of halogens is 2. The van der Waals surface area contributed by atoms with Crippen molar-refractivity contribution in [2.24, 2.45) is 0 Å². The molecule has 2 rings (SSSR count). The molecule has 0 saturated carbocycles. The second-order valence-corrected chi connectivity index (χ2v) is 5.30. The number of rotatable bonds is 3. The van der Waals surface area contributed by atoms with E-state index in [0.29, 0.717) is 30.2 Å². The highest BCUT2D eigenvalue weighted by molar-refractivity contribution is 9.10. The molecular weight excluding hydrogens is 305 g/mol. The lowest BCUT2D eigenvalue weighted by Gasteiger charge is -2.23. The molecule has 0 bridgehead atoms. The minimum absolute atomic E-state index is 0.0468. The Hall–Kier alpha value is -0.420. The Balaban J connectivity index is 2.03. The fraction of sp³-hybridized carbons (Fsp3) is 0.417. The van der Waals surface area contributed by atoms with Crippen LogP contribution in [0.15, 0.2) is 22.7 Å². The molecular formula is C12H13BrClNO2. The van der Waals surface area contributed by atoms with Crippen molar-refractivity contribution in [2.75, 3.05) is 19.8 Å². The molecule has 5 heteroatoms. The highest BCUT2D eigenvalue weighted by Gasteiger charge is 2.19. The van der Waals surface area contributed by atoms with Crippen molar-refractivity contribution >= 4 is 33.3 Å². The topological polar surface area (TPSA) is 38.3 Å². The van der Waals surface area contributed by atoms with Crippen LogP contribution in [0.5, 0.6) is 0 Å². The standard InChI is InChI=1S/C12H13BrClNO2/c13-8-1-2-10(11(14)5-8)12(16)6-9-7-17-4-3-15-9/h1-2,5,9,15H,3-4,6-7H2. The van der Waals surface area contributed by atoms with Gasteiger partial charge < -0.3 is 10.1 Å². The molecule has 1 unspecified atom stereocenters. The molecule has 1 saturated heterocycles. The van der Waals surface area contributed by atoms with Crippen LogP contribution in [0.3, 0.4) is 0 Å². The fourth-order valence-electron chi connectivity index (χ4n) is 1.80. The van der Waals surface area contributed by atoms with E-state index in [1.165, 1.54) is 0 Å². The zero-order valence-electron chi connectivity index (χ0n) is 9.21. The number of benzene rings is 1. The molecule has 1 heterocycles. The van der Waals surface area contributed by atoms with Gasteiger partial charge in [0.25, 0.3) is 0 Å². The Labute approximate surface area is 114 Å². The molecule has 0 amide bonds. The molecule has 1 aromatic rings. The van der Waals surface area contributed by atoms with E-state index in [4.69, 9.17) is 16.3 Å². The van der Waals surface area contributed by atoms with Crippen LogP contribution >= 0.6 is 27.5 Å². The van der Waals surface area contributed by atoms with Crippen LogP contribution < -0.4 is 5.32 Å². The van der Waals surface area contributed by atoms with Crippen molar-refractivity contribution in [1.29, 1.82) is 0 Å². The van der Waals surface area contributed by atoms with Crippen LogP contribution in [0.1, 0.15) is 16.8 Å². The number of carbonyl (C=O) groups excluding carboxylic acids is 1. The third kappa shape index (κ3) is 3.52. The van der Waals surface area contributed by atoms with Gasteiger partial charge in [-0.2, -0.15) is 0 Å². The maximum absolute atomic E-state index is 12.0. The Kier molecular flexibility index (Phi) is 4.56. The van der Waals surface area contributed by atoms with Crippen molar-refractivity contribution in [3.63, 3.8) is 0 Å². The number of nitrogens with one attached hydrogen (secondary N) is 1. The van der Waals surface area contributed by atoms with Gasteiger partial charge in [0.05, 0.1) is 18.2 Å². The molecule has 0 aliphatic carbocycles. The molecule has 0 aromatic heterocycles. The minimum Gasteiger partial charge on any atom is -0.378 e. The maximum Gasteiger partial charge on any atom is 0.166 e. The Morgan fingerprint density at radius 1 is 1.59 bits per heavy atom. The van der Waals surface area contributed by atoms with Crippen molar-refractivity contribution < 1.29 is 9.53 Å². The second kappa shape index (κ2) is 5.96. The summed E-state index contributed by atoms with van der Waals surface area (Å²) >= 11 is 9.36. The van der Waals surface area contributed by atoms with Gasteiger partial charge in [-0.3, -0.25) is 4.79 Å². The average molecular weight is 319 g/mol. The number of hydrogen-bond acceptors (Lipinski definition) is 3. The summed E-state index contributed by atoms with van der Waals surface area (Å²) in [5.41, 5.74) is 0.572. The first-order chi connectivity index (χ1) is 8.16. The normalized spacial score (nSPS) is 20.2. The molecule has 17 heavy (non-hydrogen) atoms. The number of carbonyl (C=O) groups is 1. The molecule has 3 nitrogen and oxygen atoms in total. The third-order valence-electron chi connectivity index (χ3n) is 2.66. The van der Waals surface area contributed by atoms with Crippen molar-refractivity contribution in [1.82, 2.24) is 5.32 Å². The molecule has 1 aliphatic heterocycles. The highest BCUT2D eigenvalue weighted by atomic mass is 79.9. The van der Waals surface area contributed by atoms with Gasteiger partial charge in [0.1, 0.15) is 0 Å². The predicted octanol–water partition coefficient (Wildman–Crippen LogP) is 2.66. The number of ether oxygens (including phenoxy) is 1. The van der Waals surface area contributed by atoms with E-state index in [1.807, 2.05) is 6.07 Å². The molecule has 1 aromatic carbocycles. The van der Waals surface area contributed by atoms with Crippen molar-refractivity contribution in [3.05, 3.63) is 33.3 Å². The van der Waals surface area contributed by atoms with E-state index in [1.54, 1.807) is 12.1 Å². The van der Waals surface area contributed by atoms with Gasteiger partial charge in [-0.15, -0.1) is 0 Å². The minimum atomic E-state index is 0.0468. The van der Waals surface area contributed by atoms with Gasteiger partial charge in [0.15, 0.2) is 5.78 Å². The fourth-order valence-corrected chi connectivity index (χ4v) is 2.58. The van der Waals surface area contributed by atoms with Gasteiger partial charge in [0.2, 0.25) is 0 Å². The van der Waals surface area contributed by atoms with Crippen LogP contribution in [0, 0.1) is 0 Å². The first-order valence-corrected chi connectivity index (χ1v) is 6.63. The smallest absolute Gasteiger partial charge is 0.166 e. The molecule has 92 valence electrons. The molecule has 1 atom stereocenters. The van der Waals surface area contributed by atoms with Crippen LogP contribution in [-0.2, 0) is 4.74 Å². The Morgan fingerprint density at radius 2 is 2.41 bits per heavy atom. The number of morpholine rings is 1. The maximum atomic E-state index is 12.0. The van der Waals surface area contributed by atoms with E-state index >= 15 is 0 Å². The Bertz CT molecular complexity index is 419. The summed E-state index contributed by atoms with van der Waals surface area (Å²) in [6.45, 7) is 2.09. The van der Waals surface area contributed by atoms with E-state index in [0.717, 1.165) is 11.0 Å². The van der Waals surface area contributed by atoms with Gasteiger partial charge in [-0.1, -0.05) is 27.5 Å². The SMILES string of the molecule is O=C(CC1COCCN1)c1ccc(Br)cc1Cl.